The average molecular weight is 277 g/mol. The van der Waals surface area contributed by atoms with Crippen LogP contribution in [0, 0.1) is 28.6 Å². The molecule has 1 N–H and O–H groups in total. The lowest BCUT2D eigenvalue weighted by atomic mass is 9.48. The number of hydrogen-bond acceptors (Lipinski definition) is 1. The standard InChI is InChI=1S/C19H35N/c1-18(2,3)6-5-17(20-4)13-19-10-14-7-15(11-19)9-16(8-14)12-19/h14-17,20H,5-13H2,1-4H3. The molecule has 1 heteroatoms. The topological polar surface area (TPSA) is 12.0 Å². The molecule has 0 aliphatic heterocycles. The van der Waals surface area contributed by atoms with E-state index in [4.69, 9.17) is 0 Å². The van der Waals surface area contributed by atoms with Gasteiger partial charge in [0.15, 0.2) is 0 Å². The van der Waals surface area contributed by atoms with Gasteiger partial charge in [0.25, 0.3) is 0 Å². The van der Waals surface area contributed by atoms with Crippen LogP contribution in [0.3, 0.4) is 0 Å². The lowest BCUT2D eigenvalue weighted by Crippen LogP contribution is -2.48. The van der Waals surface area contributed by atoms with Gasteiger partial charge in [0.05, 0.1) is 0 Å². The van der Waals surface area contributed by atoms with Gasteiger partial charge in [0.2, 0.25) is 0 Å². The number of rotatable bonds is 5. The molecule has 0 radical (unpaired) electrons. The van der Waals surface area contributed by atoms with E-state index in [1.54, 1.807) is 38.5 Å². The van der Waals surface area contributed by atoms with Gasteiger partial charge in [-0.3, -0.25) is 0 Å². The average Bonchev–Trinajstić information content (AvgIpc) is 2.31. The van der Waals surface area contributed by atoms with E-state index in [1.165, 1.54) is 19.3 Å². The highest BCUT2D eigenvalue weighted by Crippen LogP contribution is 2.61. The molecule has 0 aromatic rings. The van der Waals surface area contributed by atoms with Crippen molar-refractivity contribution in [2.75, 3.05) is 7.05 Å². The Labute approximate surface area is 126 Å². The maximum Gasteiger partial charge on any atom is 0.00695 e. The summed E-state index contributed by atoms with van der Waals surface area (Å²) in [4.78, 5) is 0. The summed E-state index contributed by atoms with van der Waals surface area (Å²) in [5.74, 6) is 3.30. The van der Waals surface area contributed by atoms with Gasteiger partial charge in [0, 0.05) is 6.04 Å². The van der Waals surface area contributed by atoms with E-state index in [0.717, 1.165) is 29.2 Å². The third-order valence-corrected chi connectivity index (χ3v) is 6.50. The maximum atomic E-state index is 3.65. The lowest BCUT2D eigenvalue weighted by molar-refractivity contribution is -0.0624. The minimum atomic E-state index is 0.483. The van der Waals surface area contributed by atoms with Crippen LogP contribution in [0.2, 0.25) is 0 Å². The SMILES string of the molecule is CNC(CCC(C)(C)C)CC12CC3CC(CC(C3)C1)C2. The van der Waals surface area contributed by atoms with Gasteiger partial charge in [-0.05, 0) is 93.4 Å². The third-order valence-electron chi connectivity index (χ3n) is 6.50. The molecule has 0 spiro atoms. The van der Waals surface area contributed by atoms with Crippen LogP contribution in [0.4, 0.5) is 0 Å². The van der Waals surface area contributed by atoms with Crippen LogP contribution in [-0.4, -0.2) is 13.1 Å². The molecule has 0 aromatic heterocycles. The summed E-state index contributed by atoms with van der Waals surface area (Å²) in [6, 6.07) is 0.755. The van der Waals surface area contributed by atoms with Crippen LogP contribution in [-0.2, 0) is 0 Å². The first kappa shape index (κ1) is 14.9. The lowest BCUT2D eigenvalue weighted by Gasteiger charge is -2.57. The molecule has 20 heavy (non-hydrogen) atoms. The van der Waals surface area contributed by atoms with Crippen molar-refractivity contribution < 1.29 is 0 Å². The molecule has 4 bridgehead atoms. The van der Waals surface area contributed by atoms with Crippen molar-refractivity contribution in [2.24, 2.45) is 28.6 Å². The van der Waals surface area contributed by atoms with Gasteiger partial charge in [-0.1, -0.05) is 20.8 Å². The van der Waals surface area contributed by atoms with Gasteiger partial charge >= 0.3 is 0 Å². The molecule has 1 atom stereocenters. The van der Waals surface area contributed by atoms with Crippen molar-refractivity contribution in [3.63, 3.8) is 0 Å². The van der Waals surface area contributed by atoms with E-state index in [0.29, 0.717) is 5.41 Å². The summed E-state index contributed by atoms with van der Waals surface area (Å²) in [6.45, 7) is 7.14. The fraction of sp³-hybridized carbons (Fsp3) is 1.00. The second kappa shape index (κ2) is 5.30. The smallest absolute Gasteiger partial charge is 0.00695 e. The normalized spacial score (nSPS) is 41.1. The third kappa shape index (κ3) is 3.24. The molecule has 4 aliphatic carbocycles. The van der Waals surface area contributed by atoms with Crippen molar-refractivity contribution >= 4 is 0 Å². The molecular formula is C19H35N. The second-order valence-electron chi connectivity index (χ2n) is 9.71. The number of hydrogen-bond donors (Lipinski definition) is 1. The summed E-state index contributed by atoms with van der Waals surface area (Å²) in [5.41, 5.74) is 1.22. The van der Waals surface area contributed by atoms with E-state index in [-0.39, 0.29) is 0 Å². The highest BCUT2D eigenvalue weighted by atomic mass is 14.9. The first-order valence-corrected chi connectivity index (χ1v) is 9.05. The zero-order valence-electron chi connectivity index (χ0n) is 14.2. The quantitative estimate of drug-likeness (QED) is 0.745. The molecule has 0 saturated heterocycles. The predicted octanol–water partition coefficient (Wildman–Crippen LogP) is 5.01. The molecule has 0 heterocycles. The van der Waals surface area contributed by atoms with Crippen LogP contribution in [0.15, 0.2) is 0 Å². The second-order valence-corrected chi connectivity index (χ2v) is 9.71. The zero-order chi connectivity index (χ0) is 14.4. The molecule has 1 nitrogen and oxygen atoms in total. The molecule has 4 rings (SSSR count). The Bertz CT molecular complexity index is 303. The molecule has 1 unspecified atom stereocenters. The maximum absolute atomic E-state index is 3.65. The number of nitrogens with one attached hydrogen (secondary N) is 1. The van der Waals surface area contributed by atoms with Crippen LogP contribution in [0.25, 0.3) is 0 Å². The predicted molar refractivity (Wildman–Crippen MR) is 86.8 cm³/mol. The molecule has 4 fully saturated rings. The minimum Gasteiger partial charge on any atom is -0.317 e. The summed E-state index contributed by atoms with van der Waals surface area (Å²) in [5, 5.41) is 3.65. The van der Waals surface area contributed by atoms with E-state index < -0.39 is 0 Å². The summed E-state index contributed by atoms with van der Waals surface area (Å²) in [7, 11) is 2.19. The van der Waals surface area contributed by atoms with E-state index in [1.807, 2.05) is 0 Å². The minimum absolute atomic E-state index is 0.483. The Balaban J connectivity index is 1.61. The van der Waals surface area contributed by atoms with Crippen molar-refractivity contribution in [1.82, 2.24) is 5.32 Å². The van der Waals surface area contributed by atoms with Gasteiger partial charge in [-0.15, -0.1) is 0 Å². The van der Waals surface area contributed by atoms with Crippen molar-refractivity contribution in [3.8, 4) is 0 Å². The molecular weight excluding hydrogens is 242 g/mol. The molecule has 116 valence electrons. The van der Waals surface area contributed by atoms with Gasteiger partial charge in [-0.2, -0.15) is 0 Å². The summed E-state index contributed by atoms with van der Waals surface area (Å²) in [6.07, 6.45) is 13.6. The van der Waals surface area contributed by atoms with E-state index in [2.05, 4.69) is 33.1 Å². The highest BCUT2D eigenvalue weighted by molar-refractivity contribution is 5.02. The van der Waals surface area contributed by atoms with E-state index >= 15 is 0 Å². The Morgan fingerprint density at radius 2 is 1.50 bits per heavy atom. The monoisotopic (exact) mass is 277 g/mol. The first-order chi connectivity index (χ1) is 9.37. The van der Waals surface area contributed by atoms with Crippen LogP contribution >= 0.6 is 0 Å². The van der Waals surface area contributed by atoms with Crippen molar-refractivity contribution in [2.45, 2.75) is 84.6 Å². The van der Waals surface area contributed by atoms with Crippen LogP contribution < -0.4 is 5.32 Å². The zero-order valence-corrected chi connectivity index (χ0v) is 14.2. The first-order valence-electron chi connectivity index (χ1n) is 9.05. The fourth-order valence-corrected chi connectivity index (χ4v) is 6.02. The van der Waals surface area contributed by atoms with Gasteiger partial charge in [-0.25, -0.2) is 0 Å². The Morgan fingerprint density at radius 3 is 1.90 bits per heavy atom. The van der Waals surface area contributed by atoms with Crippen molar-refractivity contribution in [1.29, 1.82) is 0 Å². The van der Waals surface area contributed by atoms with Gasteiger partial charge < -0.3 is 5.32 Å². The van der Waals surface area contributed by atoms with Crippen LogP contribution in [0.1, 0.15) is 78.6 Å². The highest BCUT2D eigenvalue weighted by Gasteiger charge is 2.51. The van der Waals surface area contributed by atoms with E-state index in [9.17, 15) is 0 Å². The molecule has 4 saturated carbocycles. The Hall–Kier alpha value is -0.0400. The molecule has 0 amide bonds. The largest absolute Gasteiger partial charge is 0.317 e. The Kier molecular flexibility index (Phi) is 3.95. The van der Waals surface area contributed by atoms with Crippen LogP contribution in [0.5, 0.6) is 0 Å². The Morgan fingerprint density at radius 1 is 1.00 bits per heavy atom. The molecule has 0 aromatic carbocycles. The van der Waals surface area contributed by atoms with Gasteiger partial charge in [0.1, 0.15) is 0 Å². The summed E-state index contributed by atoms with van der Waals surface area (Å²) >= 11 is 0. The molecule has 4 aliphatic rings. The summed E-state index contributed by atoms with van der Waals surface area (Å²) < 4.78 is 0. The fourth-order valence-electron chi connectivity index (χ4n) is 6.02. The van der Waals surface area contributed by atoms with Crippen molar-refractivity contribution in [3.05, 3.63) is 0 Å².